The van der Waals surface area contributed by atoms with E-state index in [1.54, 1.807) is 34.7 Å². The number of nitro benzene ring substituents is 1. The zero-order valence-corrected chi connectivity index (χ0v) is 18.7. The molecule has 160 valence electrons. The quantitative estimate of drug-likeness (QED) is 0.292. The Balaban J connectivity index is 1.63. The van der Waals surface area contributed by atoms with E-state index in [1.165, 1.54) is 11.3 Å². The summed E-state index contributed by atoms with van der Waals surface area (Å²) in [7, 11) is 0. The van der Waals surface area contributed by atoms with Gasteiger partial charge in [0.15, 0.2) is 4.96 Å². The van der Waals surface area contributed by atoms with E-state index in [0.29, 0.717) is 26.6 Å². The Kier molecular flexibility index (Phi) is 4.49. The molecule has 3 heterocycles. The monoisotopic (exact) mass is 445 g/mol. The van der Waals surface area contributed by atoms with Crippen molar-refractivity contribution in [2.24, 2.45) is 0 Å². The van der Waals surface area contributed by atoms with Gasteiger partial charge in [-0.1, -0.05) is 11.3 Å². The molecule has 0 saturated carbocycles. The summed E-state index contributed by atoms with van der Waals surface area (Å²) < 4.78 is 8.00. The van der Waals surface area contributed by atoms with Crippen LogP contribution in [0.3, 0.4) is 0 Å². The second-order valence-electron chi connectivity index (χ2n) is 7.98. The van der Waals surface area contributed by atoms with Crippen molar-refractivity contribution < 1.29 is 9.34 Å². The van der Waals surface area contributed by atoms with E-state index in [-0.39, 0.29) is 11.2 Å². The van der Waals surface area contributed by atoms with E-state index in [0.717, 1.165) is 33.3 Å². The molecule has 7 nitrogen and oxygen atoms in total. The predicted molar refractivity (Wildman–Crippen MR) is 125 cm³/mol. The molecule has 0 bridgehead atoms. The summed E-state index contributed by atoms with van der Waals surface area (Å²) >= 11 is 1.29. The lowest BCUT2D eigenvalue weighted by Crippen LogP contribution is -2.22. The van der Waals surface area contributed by atoms with Crippen LogP contribution < -0.4 is 10.1 Å². The minimum Gasteiger partial charge on any atom is -0.456 e. The third kappa shape index (κ3) is 3.11. The molecule has 8 heteroatoms. The van der Waals surface area contributed by atoms with Gasteiger partial charge in [0.05, 0.1) is 21.5 Å². The van der Waals surface area contributed by atoms with Gasteiger partial charge in [-0.2, -0.15) is 0 Å². The zero-order chi connectivity index (χ0) is 22.7. The van der Waals surface area contributed by atoms with Crippen LogP contribution in [0.1, 0.15) is 28.0 Å². The molecule has 5 rings (SSSR count). The molecule has 0 radical (unpaired) electrons. The molecule has 0 atom stereocenters. The van der Waals surface area contributed by atoms with Crippen molar-refractivity contribution in [3.8, 4) is 11.3 Å². The molecule has 0 saturated heterocycles. The molecular formula is C24H19N3O4S. The maximum Gasteiger partial charge on any atom is 0.280 e. The van der Waals surface area contributed by atoms with E-state index in [9.17, 15) is 14.9 Å². The highest BCUT2D eigenvalue weighted by Crippen LogP contribution is 2.33. The highest BCUT2D eigenvalue weighted by atomic mass is 32.1. The van der Waals surface area contributed by atoms with Crippen LogP contribution in [0.25, 0.3) is 33.4 Å². The number of fused-ring (bicyclic) bond motifs is 3. The van der Waals surface area contributed by atoms with Gasteiger partial charge in [0.1, 0.15) is 16.1 Å². The number of furan rings is 1. The molecule has 0 unspecified atom stereocenters. The van der Waals surface area contributed by atoms with E-state index >= 15 is 0 Å². The van der Waals surface area contributed by atoms with Gasteiger partial charge in [-0.05, 0) is 80.3 Å². The van der Waals surface area contributed by atoms with Crippen LogP contribution in [0, 0.1) is 37.8 Å². The Morgan fingerprint density at radius 2 is 1.72 bits per heavy atom. The number of nitrogens with zero attached hydrogens (tertiary/aromatic N) is 3. The molecule has 0 spiro atoms. The fourth-order valence-corrected chi connectivity index (χ4v) is 4.74. The topological polar surface area (TPSA) is 90.7 Å². The number of thiazole rings is 1. The van der Waals surface area contributed by atoms with Gasteiger partial charge >= 0.3 is 0 Å². The second kappa shape index (κ2) is 7.13. The van der Waals surface area contributed by atoms with Gasteiger partial charge in [-0.3, -0.25) is 14.9 Å². The lowest BCUT2D eigenvalue weighted by Gasteiger charge is -2.04. The van der Waals surface area contributed by atoms with Crippen molar-refractivity contribution in [3.05, 3.63) is 89.4 Å². The minimum atomic E-state index is -0.410. The van der Waals surface area contributed by atoms with Gasteiger partial charge in [0.25, 0.3) is 11.2 Å². The highest BCUT2D eigenvalue weighted by Gasteiger charge is 2.20. The van der Waals surface area contributed by atoms with Crippen LogP contribution in [0.2, 0.25) is 0 Å². The number of imidazole rings is 1. The molecule has 2 aromatic carbocycles. The van der Waals surface area contributed by atoms with E-state index in [1.807, 2.05) is 39.8 Å². The first-order valence-corrected chi connectivity index (χ1v) is 10.8. The van der Waals surface area contributed by atoms with Gasteiger partial charge in [-0.25, -0.2) is 9.38 Å². The molecule has 0 N–H and O–H groups in total. The number of rotatable bonds is 3. The molecule has 0 aliphatic carbocycles. The summed E-state index contributed by atoms with van der Waals surface area (Å²) in [4.78, 5) is 29.4. The van der Waals surface area contributed by atoms with Crippen LogP contribution in [-0.4, -0.2) is 14.3 Å². The number of benzene rings is 2. The normalized spacial score (nSPS) is 12.3. The SMILES string of the molecule is Cc1cc(-c2ccc(C=c3sc4nc5cc(C)c(C)cc5n4c3=O)o2)c([N+](=O)[O-])cc1C. The van der Waals surface area contributed by atoms with E-state index in [2.05, 4.69) is 4.98 Å². The predicted octanol–water partition coefficient (Wildman–Crippen LogP) is 4.86. The van der Waals surface area contributed by atoms with E-state index in [4.69, 9.17) is 4.42 Å². The summed E-state index contributed by atoms with van der Waals surface area (Å²) in [5.41, 5.74) is 5.84. The minimum absolute atomic E-state index is 0.00904. The molecule has 0 aliphatic rings. The maximum absolute atomic E-state index is 13.1. The first-order valence-electron chi connectivity index (χ1n) is 10.0. The number of hydrogen-bond donors (Lipinski definition) is 0. The Bertz CT molecular complexity index is 1670. The van der Waals surface area contributed by atoms with Crippen LogP contribution in [0.4, 0.5) is 5.69 Å². The van der Waals surface area contributed by atoms with Crippen molar-refractivity contribution in [2.45, 2.75) is 27.7 Å². The van der Waals surface area contributed by atoms with Crippen molar-refractivity contribution >= 4 is 39.1 Å². The molecule has 5 aromatic rings. The fraction of sp³-hybridized carbons (Fsp3) is 0.167. The largest absolute Gasteiger partial charge is 0.456 e. The number of aryl methyl sites for hydroxylation is 4. The van der Waals surface area contributed by atoms with Crippen LogP contribution >= 0.6 is 11.3 Å². The summed E-state index contributed by atoms with van der Waals surface area (Å²) in [6.45, 7) is 7.77. The van der Waals surface area contributed by atoms with Crippen LogP contribution in [0.15, 0.2) is 45.6 Å². The Labute approximate surface area is 186 Å². The second-order valence-corrected chi connectivity index (χ2v) is 8.99. The maximum atomic E-state index is 13.1. The smallest absolute Gasteiger partial charge is 0.280 e. The highest BCUT2D eigenvalue weighted by molar-refractivity contribution is 7.15. The van der Waals surface area contributed by atoms with Gasteiger partial charge in [-0.15, -0.1) is 0 Å². The summed E-state index contributed by atoms with van der Waals surface area (Å²) in [6, 6.07) is 10.7. The average Bonchev–Trinajstić information content (AvgIpc) is 3.41. The Morgan fingerprint density at radius 3 is 2.47 bits per heavy atom. The summed E-state index contributed by atoms with van der Waals surface area (Å²) in [5.74, 6) is 0.835. The standard InChI is InChI=1S/C24H19N3O4S/c1-12-7-17(19(27(29)30)9-14(12)3)21-6-5-16(31-21)11-22-23(28)26-20-10-15(4)13(2)8-18(20)25-24(26)32-22/h5-11H,1-4H3. The average molecular weight is 446 g/mol. The van der Waals surface area contributed by atoms with Crippen LogP contribution in [-0.2, 0) is 0 Å². The van der Waals surface area contributed by atoms with Crippen molar-refractivity contribution in [1.82, 2.24) is 9.38 Å². The van der Waals surface area contributed by atoms with Gasteiger partial charge in [0.2, 0.25) is 0 Å². The third-order valence-corrected chi connectivity index (χ3v) is 6.80. The summed E-state index contributed by atoms with van der Waals surface area (Å²) in [5, 5.41) is 11.5. The first-order chi connectivity index (χ1) is 15.2. The zero-order valence-electron chi connectivity index (χ0n) is 17.9. The van der Waals surface area contributed by atoms with Crippen LogP contribution in [0.5, 0.6) is 0 Å². The fourth-order valence-electron chi connectivity index (χ4n) is 3.77. The first kappa shape index (κ1) is 20.1. The Morgan fingerprint density at radius 1 is 1.03 bits per heavy atom. The van der Waals surface area contributed by atoms with Gasteiger partial charge in [0, 0.05) is 12.1 Å². The molecule has 32 heavy (non-hydrogen) atoms. The number of hydrogen-bond acceptors (Lipinski definition) is 6. The van der Waals surface area contributed by atoms with Gasteiger partial charge < -0.3 is 4.42 Å². The van der Waals surface area contributed by atoms with Crippen molar-refractivity contribution in [3.63, 3.8) is 0 Å². The molecule has 0 aliphatic heterocycles. The third-order valence-electron chi connectivity index (χ3n) is 5.83. The van der Waals surface area contributed by atoms with Crippen molar-refractivity contribution in [1.29, 1.82) is 0 Å². The number of aromatic nitrogens is 2. The molecular weight excluding hydrogens is 426 g/mol. The number of nitro groups is 1. The molecule has 3 aromatic heterocycles. The Hall–Kier alpha value is -3.78. The van der Waals surface area contributed by atoms with Crippen molar-refractivity contribution in [2.75, 3.05) is 0 Å². The lowest BCUT2D eigenvalue weighted by molar-refractivity contribution is -0.384. The molecule has 0 fully saturated rings. The molecule has 0 amide bonds. The van der Waals surface area contributed by atoms with E-state index < -0.39 is 4.92 Å². The lowest BCUT2D eigenvalue weighted by atomic mass is 10.0. The summed E-state index contributed by atoms with van der Waals surface area (Å²) in [6.07, 6.45) is 1.66.